The van der Waals surface area contributed by atoms with E-state index in [2.05, 4.69) is 11.7 Å². The third kappa shape index (κ3) is 2.89. The Hall–Kier alpha value is -0.920. The second-order valence-corrected chi connectivity index (χ2v) is 0.996. The number of allylic oxidation sites excluding steroid dienone is 1. The molecule has 0 saturated heterocycles. The summed E-state index contributed by atoms with van der Waals surface area (Å²) in [7, 11) is 0. The molecule has 0 fully saturated rings. The van der Waals surface area contributed by atoms with Crippen molar-refractivity contribution >= 4 is 12.6 Å². The Morgan fingerprint density at radius 2 is 2.43 bits per heavy atom. The van der Waals surface area contributed by atoms with E-state index in [1.807, 2.05) is 0 Å². The molecule has 0 aromatic rings. The highest BCUT2D eigenvalue weighted by Gasteiger charge is 1.79. The number of carbonyl (C=O) groups excluding carboxylic acids is 1. The first-order chi connectivity index (χ1) is 3.31. The van der Waals surface area contributed by atoms with E-state index >= 15 is 0 Å². The van der Waals surface area contributed by atoms with Crippen molar-refractivity contribution in [3.63, 3.8) is 0 Å². The number of nitrogens with zero attached hydrogens (tertiary/aromatic N) is 1. The summed E-state index contributed by atoms with van der Waals surface area (Å²) in [5.41, 5.74) is 0. The zero-order chi connectivity index (χ0) is 5.70. The highest BCUT2D eigenvalue weighted by Crippen LogP contribution is 1.73. The summed E-state index contributed by atoms with van der Waals surface area (Å²) >= 11 is 0. The van der Waals surface area contributed by atoms with Gasteiger partial charge in [0.1, 0.15) is 0 Å². The van der Waals surface area contributed by atoms with Crippen molar-refractivity contribution in [1.29, 1.82) is 0 Å². The van der Waals surface area contributed by atoms with Crippen LogP contribution in [-0.2, 0) is 4.79 Å². The van der Waals surface area contributed by atoms with Gasteiger partial charge in [-0.05, 0) is 13.6 Å². The minimum atomic E-state index is -0.289. The van der Waals surface area contributed by atoms with Gasteiger partial charge in [-0.25, -0.2) is 4.99 Å². The van der Waals surface area contributed by atoms with Crippen LogP contribution < -0.4 is 0 Å². The van der Waals surface area contributed by atoms with Gasteiger partial charge in [0, 0.05) is 6.08 Å². The van der Waals surface area contributed by atoms with Crippen LogP contribution in [0.5, 0.6) is 0 Å². The Morgan fingerprint density at radius 1 is 1.86 bits per heavy atom. The molecule has 38 valence electrons. The summed E-state index contributed by atoms with van der Waals surface area (Å²) in [4.78, 5) is 13.2. The van der Waals surface area contributed by atoms with Crippen molar-refractivity contribution in [1.82, 2.24) is 0 Å². The zero-order valence-electron chi connectivity index (χ0n) is 4.22. The maximum absolute atomic E-state index is 10.1. The van der Waals surface area contributed by atoms with Gasteiger partial charge in [0.25, 0.3) is 5.91 Å². The summed E-state index contributed by atoms with van der Waals surface area (Å²) in [5, 5.41) is 0. The first-order valence-electron chi connectivity index (χ1n) is 1.94. The molecule has 0 rings (SSSR count). The molecule has 0 aromatic heterocycles. The van der Waals surface area contributed by atoms with Crippen molar-refractivity contribution in [2.45, 2.75) is 6.92 Å². The third-order valence-corrected chi connectivity index (χ3v) is 0.465. The standard InChI is InChI=1S/C5H7NO/c1-3-4-5(7)6-2/h3-4H,2H2,1H3/b4-3-. The van der Waals surface area contributed by atoms with Gasteiger partial charge in [0.05, 0.1) is 0 Å². The predicted molar refractivity (Wildman–Crippen MR) is 29.4 cm³/mol. The Labute approximate surface area is 42.6 Å². The second kappa shape index (κ2) is 3.28. The molecular formula is C5H7NO. The van der Waals surface area contributed by atoms with E-state index in [9.17, 15) is 4.79 Å². The minimum Gasteiger partial charge on any atom is -0.268 e. The molecule has 0 aliphatic heterocycles. The summed E-state index contributed by atoms with van der Waals surface area (Å²) in [6.07, 6.45) is 2.98. The van der Waals surface area contributed by atoms with Crippen molar-refractivity contribution in [3.05, 3.63) is 12.2 Å². The van der Waals surface area contributed by atoms with E-state index in [0.29, 0.717) is 0 Å². The van der Waals surface area contributed by atoms with Crippen LogP contribution in [0.4, 0.5) is 0 Å². The predicted octanol–water partition coefficient (Wildman–Crippen LogP) is 0.790. The molecule has 0 spiro atoms. The first-order valence-corrected chi connectivity index (χ1v) is 1.94. The van der Waals surface area contributed by atoms with Crippen LogP contribution in [0.15, 0.2) is 17.1 Å². The van der Waals surface area contributed by atoms with Crippen molar-refractivity contribution in [3.8, 4) is 0 Å². The molecule has 0 unspecified atom stereocenters. The lowest BCUT2D eigenvalue weighted by atomic mass is 10.5. The maximum atomic E-state index is 10.1. The molecule has 2 heteroatoms. The average molecular weight is 97.1 g/mol. The smallest absolute Gasteiger partial charge is 0.268 e. The molecule has 0 aliphatic rings. The van der Waals surface area contributed by atoms with E-state index in [4.69, 9.17) is 0 Å². The number of hydrogen-bond donors (Lipinski definition) is 0. The zero-order valence-corrected chi connectivity index (χ0v) is 4.22. The topological polar surface area (TPSA) is 29.4 Å². The Morgan fingerprint density at radius 3 is 2.57 bits per heavy atom. The van der Waals surface area contributed by atoms with Crippen molar-refractivity contribution < 1.29 is 4.79 Å². The largest absolute Gasteiger partial charge is 0.268 e. The second-order valence-electron chi connectivity index (χ2n) is 0.996. The van der Waals surface area contributed by atoms with Gasteiger partial charge in [-0.2, -0.15) is 0 Å². The average Bonchev–Trinajstić information content (AvgIpc) is 1.68. The van der Waals surface area contributed by atoms with E-state index in [-0.39, 0.29) is 5.91 Å². The number of aliphatic imine (C=N–C) groups is 1. The lowest BCUT2D eigenvalue weighted by Crippen LogP contribution is -1.80. The molecule has 1 amide bonds. The summed E-state index contributed by atoms with van der Waals surface area (Å²) in [5.74, 6) is -0.289. The monoisotopic (exact) mass is 97.1 g/mol. The summed E-state index contributed by atoms with van der Waals surface area (Å²) < 4.78 is 0. The molecule has 0 N–H and O–H groups in total. The quantitative estimate of drug-likeness (QED) is 0.351. The Balaban J connectivity index is 3.58. The highest BCUT2D eigenvalue weighted by atomic mass is 16.1. The van der Waals surface area contributed by atoms with Gasteiger partial charge in [-0.1, -0.05) is 6.08 Å². The highest BCUT2D eigenvalue weighted by molar-refractivity contribution is 5.90. The molecular weight excluding hydrogens is 90.1 g/mol. The molecule has 0 bridgehead atoms. The Kier molecular flexibility index (Phi) is 2.85. The van der Waals surface area contributed by atoms with E-state index in [1.165, 1.54) is 6.08 Å². The van der Waals surface area contributed by atoms with Crippen LogP contribution in [0, 0.1) is 0 Å². The summed E-state index contributed by atoms with van der Waals surface area (Å²) in [6, 6.07) is 0. The van der Waals surface area contributed by atoms with Crippen molar-refractivity contribution in [2.24, 2.45) is 4.99 Å². The number of rotatable bonds is 1. The molecule has 0 aromatic carbocycles. The fourth-order valence-corrected chi connectivity index (χ4v) is 0.195. The number of amides is 1. The van der Waals surface area contributed by atoms with E-state index < -0.39 is 0 Å². The van der Waals surface area contributed by atoms with Crippen LogP contribution in [0.1, 0.15) is 6.92 Å². The normalized spacial score (nSPS) is 9.29. The lowest BCUT2D eigenvalue weighted by Gasteiger charge is -1.72. The molecule has 0 radical (unpaired) electrons. The lowest BCUT2D eigenvalue weighted by molar-refractivity contribution is -0.113. The molecule has 0 heterocycles. The van der Waals surface area contributed by atoms with E-state index in [0.717, 1.165) is 0 Å². The SMILES string of the molecule is C=NC(=O)/C=C\C. The van der Waals surface area contributed by atoms with Crippen LogP contribution >= 0.6 is 0 Å². The van der Waals surface area contributed by atoms with E-state index in [1.54, 1.807) is 13.0 Å². The first kappa shape index (κ1) is 6.08. The third-order valence-electron chi connectivity index (χ3n) is 0.465. The fraction of sp³-hybridized carbons (Fsp3) is 0.200. The Bertz CT molecular complexity index is 105. The number of carbonyl (C=O) groups is 1. The van der Waals surface area contributed by atoms with Crippen LogP contribution in [0.2, 0.25) is 0 Å². The molecule has 2 nitrogen and oxygen atoms in total. The van der Waals surface area contributed by atoms with Crippen LogP contribution in [-0.4, -0.2) is 12.6 Å². The number of hydrogen-bond acceptors (Lipinski definition) is 1. The fourth-order valence-electron chi connectivity index (χ4n) is 0.195. The van der Waals surface area contributed by atoms with Gasteiger partial charge in [-0.15, -0.1) is 0 Å². The summed E-state index contributed by atoms with van der Waals surface area (Å²) in [6.45, 7) is 4.78. The molecule has 0 atom stereocenters. The van der Waals surface area contributed by atoms with Gasteiger partial charge in [0.2, 0.25) is 0 Å². The van der Waals surface area contributed by atoms with Crippen molar-refractivity contribution in [2.75, 3.05) is 0 Å². The molecule has 7 heavy (non-hydrogen) atoms. The van der Waals surface area contributed by atoms with Gasteiger partial charge in [0.15, 0.2) is 0 Å². The molecule has 0 aliphatic carbocycles. The van der Waals surface area contributed by atoms with Gasteiger partial charge >= 0.3 is 0 Å². The van der Waals surface area contributed by atoms with Gasteiger partial charge < -0.3 is 0 Å². The van der Waals surface area contributed by atoms with Crippen LogP contribution in [0.3, 0.4) is 0 Å². The molecule has 0 saturated carbocycles. The van der Waals surface area contributed by atoms with Gasteiger partial charge in [-0.3, -0.25) is 4.79 Å². The minimum absolute atomic E-state index is 0.289. The maximum Gasteiger partial charge on any atom is 0.268 e. The van der Waals surface area contributed by atoms with Crippen LogP contribution in [0.25, 0.3) is 0 Å².